The first-order chi connectivity index (χ1) is 8.99. The molecule has 1 heterocycles. The average molecular weight is 299 g/mol. The van der Waals surface area contributed by atoms with Gasteiger partial charge in [-0.15, -0.1) is 0 Å². The number of anilines is 1. The molecule has 0 radical (unpaired) electrons. The molecule has 0 bridgehead atoms. The van der Waals surface area contributed by atoms with Crippen LogP contribution in [0.4, 0.5) is 5.69 Å². The summed E-state index contributed by atoms with van der Waals surface area (Å²) in [5.74, 6) is -0.862. The van der Waals surface area contributed by atoms with E-state index in [1.54, 1.807) is 0 Å². The number of hydrogen-bond acceptors (Lipinski definition) is 3. The van der Waals surface area contributed by atoms with Gasteiger partial charge in [0.1, 0.15) is 5.56 Å². The number of benzene rings is 1. The van der Waals surface area contributed by atoms with Gasteiger partial charge >= 0.3 is 0 Å². The van der Waals surface area contributed by atoms with Gasteiger partial charge in [0.2, 0.25) is 0 Å². The third-order valence-electron chi connectivity index (χ3n) is 2.34. The molecule has 19 heavy (non-hydrogen) atoms. The Hall–Kier alpha value is -1.98. The van der Waals surface area contributed by atoms with Gasteiger partial charge in [-0.25, -0.2) is 0 Å². The maximum Gasteiger partial charge on any atom is 0.261 e. The topological polar surface area (TPSA) is 82.2 Å². The lowest BCUT2D eigenvalue weighted by molar-refractivity contribution is 0.102. The van der Waals surface area contributed by atoms with Crippen LogP contribution in [0.25, 0.3) is 0 Å². The molecule has 0 aliphatic carbocycles. The van der Waals surface area contributed by atoms with E-state index in [2.05, 4.69) is 10.3 Å². The van der Waals surface area contributed by atoms with Crippen molar-refractivity contribution >= 4 is 34.8 Å². The number of phenolic OH excluding ortho intramolecular Hbond substituents is 1. The van der Waals surface area contributed by atoms with E-state index in [0.717, 1.165) is 0 Å². The number of carbonyl (C=O) groups is 1. The van der Waals surface area contributed by atoms with Gasteiger partial charge in [-0.1, -0.05) is 23.2 Å². The zero-order valence-corrected chi connectivity index (χ0v) is 10.9. The predicted molar refractivity (Wildman–Crippen MR) is 73.1 cm³/mol. The van der Waals surface area contributed by atoms with Crippen molar-refractivity contribution in [1.29, 1.82) is 0 Å². The van der Waals surface area contributed by atoms with E-state index in [4.69, 9.17) is 23.2 Å². The third kappa shape index (κ3) is 2.89. The number of H-pyrrole nitrogens is 1. The summed E-state index contributed by atoms with van der Waals surface area (Å²) >= 11 is 11.5. The molecular formula is C12H8Cl2N2O3. The van der Waals surface area contributed by atoms with Crippen LogP contribution >= 0.6 is 23.2 Å². The maximum absolute atomic E-state index is 11.9. The fraction of sp³-hybridized carbons (Fsp3) is 0. The summed E-state index contributed by atoms with van der Waals surface area (Å²) in [7, 11) is 0. The molecule has 0 atom stereocenters. The van der Waals surface area contributed by atoms with Crippen LogP contribution in [-0.2, 0) is 0 Å². The number of amides is 1. The van der Waals surface area contributed by atoms with Gasteiger partial charge in [0.25, 0.3) is 11.5 Å². The molecule has 0 fully saturated rings. The summed E-state index contributed by atoms with van der Waals surface area (Å²) in [5.41, 5.74) is -0.264. The van der Waals surface area contributed by atoms with Crippen LogP contribution < -0.4 is 10.9 Å². The summed E-state index contributed by atoms with van der Waals surface area (Å²) in [5, 5.41) is 11.9. The second-order valence-electron chi connectivity index (χ2n) is 3.66. The second-order valence-corrected chi connectivity index (χ2v) is 4.47. The minimum absolute atomic E-state index is 0.00442. The maximum atomic E-state index is 11.9. The number of hydrogen-bond donors (Lipinski definition) is 3. The van der Waals surface area contributed by atoms with Crippen molar-refractivity contribution in [3.63, 3.8) is 0 Å². The van der Waals surface area contributed by atoms with Crippen molar-refractivity contribution < 1.29 is 9.90 Å². The van der Waals surface area contributed by atoms with E-state index < -0.39 is 11.5 Å². The fourth-order valence-corrected chi connectivity index (χ4v) is 1.92. The lowest BCUT2D eigenvalue weighted by Gasteiger charge is -2.07. The van der Waals surface area contributed by atoms with Crippen LogP contribution in [0.15, 0.2) is 35.3 Å². The highest BCUT2D eigenvalue weighted by atomic mass is 35.5. The van der Waals surface area contributed by atoms with E-state index in [9.17, 15) is 14.7 Å². The van der Waals surface area contributed by atoms with Crippen molar-refractivity contribution in [2.24, 2.45) is 0 Å². The number of carbonyl (C=O) groups excluding carboxylic acids is 1. The number of phenols is 1. The molecule has 0 saturated carbocycles. The van der Waals surface area contributed by atoms with E-state index in [0.29, 0.717) is 0 Å². The van der Waals surface area contributed by atoms with Gasteiger partial charge in [0.15, 0.2) is 5.75 Å². The number of aromatic amines is 1. The number of aromatic nitrogens is 1. The second kappa shape index (κ2) is 5.34. The Balaban J connectivity index is 2.30. The molecule has 1 aromatic carbocycles. The summed E-state index contributed by atoms with van der Waals surface area (Å²) < 4.78 is 0. The highest BCUT2D eigenvalue weighted by molar-refractivity contribution is 6.37. The van der Waals surface area contributed by atoms with Crippen molar-refractivity contribution in [2.75, 3.05) is 5.32 Å². The standard InChI is InChI=1S/C12H8Cl2N2O3/c13-8-4-6(5-9(14)10(8)17)16-12(19)7-2-1-3-15-11(7)18/h1-5,17H,(H,15,18)(H,16,19). The van der Waals surface area contributed by atoms with Crippen molar-refractivity contribution in [1.82, 2.24) is 4.98 Å². The Morgan fingerprint density at radius 1 is 1.26 bits per heavy atom. The third-order valence-corrected chi connectivity index (χ3v) is 2.91. The molecule has 7 heteroatoms. The van der Waals surface area contributed by atoms with Gasteiger partial charge < -0.3 is 15.4 Å². The molecule has 0 aliphatic heterocycles. The van der Waals surface area contributed by atoms with E-state index >= 15 is 0 Å². The predicted octanol–water partition coefficient (Wildman–Crippen LogP) is 2.64. The lowest BCUT2D eigenvalue weighted by atomic mass is 10.2. The Morgan fingerprint density at radius 2 is 1.89 bits per heavy atom. The highest BCUT2D eigenvalue weighted by Gasteiger charge is 2.12. The summed E-state index contributed by atoms with van der Waals surface area (Å²) in [6, 6.07) is 5.58. The first kappa shape index (κ1) is 13.5. The van der Waals surface area contributed by atoms with Crippen LogP contribution in [0, 0.1) is 0 Å². The molecule has 0 spiro atoms. The van der Waals surface area contributed by atoms with E-state index in [1.165, 1.54) is 30.5 Å². The summed E-state index contributed by atoms with van der Waals surface area (Å²) in [6.45, 7) is 0. The SMILES string of the molecule is O=C(Nc1cc(Cl)c(O)c(Cl)c1)c1ccc[nH]c1=O. The number of nitrogens with one attached hydrogen (secondary N) is 2. The molecular weight excluding hydrogens is 291 g/mol. The van der Waals surface area contributed by atoms with E-state index in [-0.39, 0.29) is 27.0 Å². The number of pyridine rings is 1. The van der Waals surface area contributed by atoms with Gasteiger partial charge in [-0.2, -0.15) is 0 Å². The Kier molecular flexibility index (Phi) is 3.78. The number of aromatic hydroxyl groups is 1. The normalized spacial score (nSPS) is 10.2. The van der Waals surface area contributed by atoms with E-state index in [1.807, 2.05) is 0 Å². The van der Waals surface area contributed by atoms with Crippen LogP contribution in [0.2, 0.25) is 10.0 Å². The highest BCUT2D eigenvalue weighted by Crippen LogP contribution is 2.34. The largest absolute Gasteiger partial charge is 0.505 e. The molecule has 2 rings (SSSR count). The number of halogens is 2. The summed E-state index contributed by atoms with van der Waals surface area (Å²) in [4.78, 5) is 25.7. The van der Waals surface area contributed by atoms with Crippen LogP contribution in [0.5, 0.6) is 5.75 Å². The zero-order valence-electron chi connectivity index (χ0n) is 9.41. The smallest absolute Gasteiger partial charge is 0.261 e. The molecule has 0 saturated heterocycles. The Morgan fingerprint density at radius 3 is 2.47 bits per heavy atom. The Labute approximate surface area is 117 Å². The molecule has 0 aliphatic rings. The minimum Gasteiger partial charge on any atom is -0.505 e. The van der Waals surface area contributed by atoms with Crippen LogP contribution in [0.1, 0.15) is 10.4 Å². The minimum atomic E-state index is -0.598. The van der Waals surface area contributed by atoms with Crippen molar-refractivity contribution in [3.8, 4) is 5.75 Å². The first-order valence-electron chi connectivity index (χ1n) is 5.16. The van der Waals surface area contributed by atoms with Crippen LogP contribution in [0.3, 0.4) is 0 Å². The molecule has 1 aromatic heterocycles. The monoisotopic (exact) mass is 298 g/mol. The molecule has 2 aromatic rings. The summed E-state index contributed by atoms with van der Waals surface area (Å²) in [6.07, 6.45) is 1.42. The molecule has 3 N–H and O–H groups in total. The first-order valence-corrected chi connectivity index (χ1v) is 5.91. The molecule has 1 amide bonds. The van der Waals surface area contributed by atoms with Gasteiger partial charge in [0, 0.05) is 11.9 Å². The fourth-order valence-electron chi connectivity index (χ4n) is 1.44. The number of rotatable bonds is 2. The van der Waals surface area contributed by atoms with Crippen molar-refractivity contribution in [3.05, 3.63) is 56.4 Å². The Bertz CT molecular complexity index is 674. The quantitative estimate of drug-likeness (QED) is 0.745. The molecule has 0 unspecified atom stereocenters. The lowest BCUT2D eigenvalue weighted by Crippen LogP contribution is -2.22. The molecule has 5 nitrogen and oxygen atoms in total. The average Bonchev–Trinajstić information content (AvgIpc) is 2.36. The van der Waals surface area contributed by atoms with Crippen molar-refractivity contribution in [2.45, 2.75) is 0 Å². The molecule has 98 valence electrons. The van der Waals surface area contributed by atoms with Gasteiger partial charge in [-0.05, 0) is 24.3 Å². The zero-order chi connectivity index (χ0) is 14.0. The van der Waals surface area contributed by atoms with Gasteiger partial charge in [-0.3, -0.25) is 9.59 Å². The van der Waals surface area contributed by atoms with Crippen LogP contribution in [-0.4, -0.2) is 16.0 Å². The van der Waals surface area contributed by atoms with Gasteiger partial charge in [0.05, 0.1) is 10.0 Å².